The largest absolute Gasteiger partial charge is 0.339 e. The standard InChI is InChI=1S/C25H24ClNS/c1-3-8-19-11-7-12-22(15-19)28-25-18(2)27(17-20-9-5-4-6-10-20)24-16-21(26)13-14-23(24)25/h4-7,9-16H,3,8,17H2,1-2H3. The molecule has 0 aliphatic carbocycles. The van der Waals surface area contributed by atoms with Crippen molar-refractivity contribution in [2.45, 2.75) is 43.0 Å². The Balaban J connectivity index is 1.78. The van der Waals surface area contributed by atoms with Crippen molar-refractivity contribution in [3.63, 3.8) is 0 Å². The van der Waals surface area contributed by atoms with Crippen molar-refractivity contribution in [1.29, 1.82) is 0 Å². The minimum atomic E-state index is 0.779. The van der Waals surface area contributed by atoms with E-state index in [9.17, 15) is 0 Å². The number of benzene rings is 3. The van der Waals surface area contributed by atoms with Crippen molar-refractivity contribution in [3.05, 3.63) is 94.6 Å². The van der Waals surface area contributed by atoms with Gasteiger partial charge in [-0.05, 0) is 48.7 Å². The molecule has 4 rings (SSSR count). The van der Waals surface area contributed by atoms with Crippen LogP contribution in [0.25, 0.3) is 10.9 Å². The summed E-state index contributed by atoms with van der Waals surface area (Å²) in [5, 5.41) is 2.05. The highest BCUT2D eigenvalue weighted by molar-refractivity contribution is 7.99. The zero-order valence-corrected chi connectivity index (χ0v) is 17.9. The third kappa shape index (κ3) is 3.99. The molecular weight excluding hydrogens is 382 g/mol. The second-order valence-corrected chi connectivity index (χ2v) is 8.67. The van der Waals surface area contributed by atoms with E-state index in [2.05, 4.69) is 85.1 Å². The molecule has 0 saturated heterocycles. The van der Waals surface area contributed by atoms with E-state index in [1.807, 2.05) is 17.8 Å². The van der Waals surface area contributed by atoms with Crippen LogP contribution < -0.4 is 0 Å². The molecule has 0 N–H and O–H groups in total. The van der Waals surface area contributed by atoms with Gasteiger partial charge in [0, 0.05) is 32.4 Å². The van der Waals surface area contributed by atoms with Crippen molar-refractivity contribution in [2.75, 3.05) is 0 Å². The number of aryl methyl sites for hydroxylation is 1. The lowest BCUT2D eigenvalue weighted by atomic mass is 10.1. The molecule has 3 heteroatoms. The first kappa shape index (κ1) is 19.2. The molecule has 1 aromatic heterocycles. The van der Waals surface area contributed by atoms with Crippen LogP contribution in [-0.2, 0) is 13.0 Å². The van der Waals surface area contributed by atoms with Crippen molar-refractivity contribution in [2.24, 2.45) is 0 Å². The summed E-state index contributed by atoms with van der Waals surface area (Å²) in [5.41, 5.74) is 5.18. The molecule has 28 heavy (non-hydrogen) atoms. The molecule has 0 atom stereocenters. The van der Waals surface area contributed by atoms with Gasteiger partial charge in [0.1, 0.15) is 0 Å². The summed E-state index contributed by atoms with van der Waals surface area (Å²) in [7, 11) is 0. The maximum Gasteiger partial charge on any atom is 0.0512 e. The normalized spacial score (nSPS) is 11.2. The van der Waals surface area contributed by atoms with Gasteiger partial charge in [-0.3, -0.25) is 0 Å². The molecule has 0 fully saturated rings. The van der Waals surface area contributed by atoms with E-state index in [0.29, 0.717) is 0 Å². The van der Waals surface area contributed by atoms with Crippen LogP contribution in [0.15, 0.2) is 82.6 Å². The average molecular weight is 406 g/mol. The summed E-state index contributed by atoms with van der Waals surface area (Å²) in [5.74, 6) is 0. The molecule has 0 amide bonds. The van der Waals surface area contributed by atoms with E-state index in [1.54, 1.807) is 0 Å². The van der Waals surface area contributed by atoms with E-state index in [1.165, 1.54) is 43.9 Å². The molecule has 0 aliphatic heterocycles. The Morgan fingerprint density at radius 3 is 2.46 bits per heavy atom. The molecule has 142 valence electrons. The number of hydrogen-bond acceptors (Lipinski definition) is 1. The molecule has 4 aromatic rings. The highest BCUT2D eigenvalue weighted by atomic mass is 35.5. The minimum Gasteiger partial charge on any atom is -0.339 e. The number of fused-ring (bicyclic) bond motifs is 1. The van der Waals surface area contributed by atoms with Gasteiger partial charge in [-0.2, -0.15) is 0 Å². The quantitative estimate of drug-likeness (QED) is 0.317. The lowest BCUT2D eigenvalue weighted by Gasteiger charge is -2.09. The van der Waals surface area contributed by atoms with Crippen LogP contribution in [0.4, 0.5) is 0 Å². The number of nitrogens with zero attached hydrogens (tertiary/aromatic N) is 1. The van der Waals surface area contributed by atoms with E-state index in [0.717, 1.165) is 18.0 Å². The molecular formula is C25H24ClNS. The van der Waals surface area contributed by atoms with Crippen LogP contribution in [0.2, 0.25) is 5.02 Å². The summed E-state index contributed by atoms with van der Waals surface area (Å²) < 4.78 is 2.38. The van der Waals surface area contributed by atoms with Gasteiger partial charge in [0.2, 0.25) is 0 Å². The summed E-state index contributed by atoms with van der Waals surface area (Å²) >= 11 is 8.21. The van der Waals surface area contributed by atoms with Gasteiger partial charge in [-0.1, -0.05) is 85.2 Å². The second kappa shape index (κ2) is 8.46. The van der Waals surface area contributed by atoms with Gasteiger partial charge in [0.15, 0.2) is 0 Å². The van der Waals surface area contributed by atoms with E-state index >= 15 is 0 Å². The van der Waals surface area contributed by atoms with Gasteiger partial charge in [-0.25, -0.2) is 0 Å². The Kier molecular flexibility index (Phi) is 5.79. The fraction of sp³-hybridized carbons (Fsp3) is 0.200. The monoisotopic (exact) mass is 405 g/mol. The molecule has 0 unspecified atom stereocenters. The van der Waals surface area contributed by atoms with Gasteiger partial charge >= 0.3 is 0 Å². The predicted molar refractivity (Wildman–Crippen MR) is 122 cm³/mol. The van der Waals surface area contributed by atoms with E-state index in [4.69, 9.17) is 11.6 Å². The lowest BCUT2D eigenvalue weighted by Crippen LogP contribution is -2.01. The maximum absolute atomic E-state index is 6.35. The predicted octanol–water partition coefficient (Wildman–Crippen LogP) is 7.76. The highest BCUT2D eigenvalue weighted by Crippen LogP contribution is 2.39. The first-order valence-corrected chi connectivity index (χ1v) is 10.9. The summed E-state index contributed by atoms with van der Waals surface area (Å²) in [6.45, 7) is 5.29. The third-order valence-electron chi connectivity index (χ3n) is 5.07. The SMILES string of the molecule is CCCc1cccc(Sc2c(C)n(Cc3ccccc3)c3cc(Cl)ccc23)c1. The Morgan fingerprint density at radius 1 is 0.893 bits per heavy atom. The van der Waals surface area contributed by atoms with E-state index in [-0.39, 0.29) is 0 Å². The fourth-order valence-electron chi connectivity index (χ4n) is 3.69. The first-order valence-electron chi connectivity index (χ1n) is 9.74. The smallest absolute Gasteiger partial charge is 0.0512 e. The Bertz CT molecular complexity index is 1100. The number of halogens is 1. The fourth-order valence-corrected chi connectivity index (χ4v) is 4.99. The van der Waals surface area contributed by atoms with Gasteiger partial charge < -0.3 is 4.57 Å². The Morgan fingerprint density at radius 2 is 1.68 bits per heavy atom. The minimum absolute atomic E-state index is 0.779. The molecule has 0 bridgehead atoms. The van der Waals surface area contributed by atoms with Crippen LogP contribution in [0.5, 0.6) is 0 Å². The Hall–Kier alpha value is -2.16. The molecule has 0 spiro atoms. The van der Waals surface area contributed by atoms with Crippen LogP contribution in [0.3, 0.4) is 0 Å². The topological polar surface area (TPSA) is 4.93 Å². The molecule has 3 aromatic carbocycles. The van der Waals surface area contributed by atoms with Gasteiger partial charge in [0.05, 0.1) is 5.52 Å². The molecule has 0 aliphatic rings. The van der Waals surface area contributed by atoms with Crippen molar-refractivity contribution in [3.8, 4) is 0 Å². The maximum atomic E-state index is 6.35. The van der Waals surface area contributed by atoms with Crippen molar-refractivity contribution in [1.82, 2.24) is 4.57 Å². The van der Waals surface area contributed by atoms with Crippen molar-refractivity contribution >= 4 is 34.3 Å². The number of rotatable bonds is 6. The van der Waals surface area contributed by atoms with Crippen molar-refractivity contribution < 1.29 is 0 Å². The lowest BCUT2D eigenvalue weighted by molar-refractivity contribution is 0.794. The molecule has 0 radical (unpaired) electrons. The van der Waals surface area contributed by atoms with Crippen LogP contribution in [-0.4, -0.2) is 4.57 Å². The van der Waals surface area contributed by atoms with Gasteiger partial charge in [0.25, 0.3) is 0 Å². The second-order valence-electron chi connectivity index (χ2n) is 7.15. The first-order chi connectivity index (χ1) is 13.7. The zero-order valence-electron chi connectivity index (χ0n) is 16.3. The molecule has 0 saturated carbocycles. The van der Waals surface area contributed by atoms with E-state index < -0.39 is 0 Å². The number of hydrogen-bond donors (Lipinski definition) is 0. The molecule has 1 nitrogen and oxygen atoms in total. The zero-order chi connectivity index (χ0) is 19.5. The highest BCUT2D eigenvalue weighted by Gasteiger charge is 2.16. The molecule has 1 heterocycles. The number of aromatic nitrogens is 1. The summed E-state index contributed by atoms with van der Waals surface area (Å²) in [4.78, 5) is 2.61. The van der Waals surface area contributed by atoms with Crippen LogP contribution in [0.1, 0.15) is 30.2 Å². The van der Waals surface area contributed by atoms with Gasteiger partial charge in [-0.15, -0.1) is 0 Å². The summed E-state index contributed by atoms with van der Waals surface area (Å²) in [6, 6.07) is 25.8. The summed E-state index contributed by atoms with van der Waals surface area (Å²) in [6.07, 6.45) is 2.29. The van der Waals surface area contributed by atoms with Crippen LogP contribution >= 0.6 is 23.4 Å². The Labute approximate surface area is 176 Å². The average Bonchev–Trinajstić information content (AvgIpc) is 2.95. The van der Waals surface area contributed by atoms with Crippen LogP contribution in [0, 0.1) is 6.92 Å². The third-order valence-corrected chi connectivity index (χ3v) is 6.51.